The highest BCUT2D eigenvalue weighted by Gasteiger charge is 2.18. The van der Waals surface area contributed by atoms with E-state index >= 15 is 0 Å². The van der Waals surface area contributed by atoms with Gasteiger partial charge in [0.1, 0.15) is 16.8 Å². The number of rotatable bonds is 8. The number of nitrogens with one attached hydrogen (secondary N) is 1. The van der Waals surface area contributed by atoms with Crippen LogP contribution in [0.5, 0.6) is 0 Å². The van der Waals surface area contributed by atoms with E-state index in [0.29, 0.717) is 34.9 Å². The first-order chi connectivity index (χ1) is 15.6. The lowest BCUT2D eigenvalue weighted by molar-refractivity contribution is -0.136. The smallest absolute Gasteiger partial charge is 0.308 e. The van der Waals surface area contributed by atoms with Crippen molar-refractivity contribution in [1.29, 1.82) is 0 Å². The van der Waals surface area contributed by atoms with Crippen molar-refractivity contribution in [3.8, 4) is 0 Å². The van der Waals surface area contributed by atoms with Crippen LogP contribution in [0, 0.1) is 0 Å². The van der Waals surface area contributed by atoms with Crippen LogP contribution in [-0.2, 0) is 17.6 Å². The summed E-state index contributed by atoms with van der Waals surface area (Å²) in [5, 5.41) is 12.2. The third-order valence-corrected chi connectivity index (χ3v) is 5.27. The number of aromatic nitrogens is 2. The molecule has 3 aromatic rings. The zero-order chi connectivity index (χ0) is 24.1. The Morgan fingerprint density at radius 3 is 2.12 bits per heavy atom. The Kier molecular flexibility index (Phi) is 7.50. The van der Waals surface area contributed by atoms with E-state index in [1.807, 2.05) is 55.4 Å². The maximum Gasteiger partial charge on any atom is 0.308 e. The second kappa shape index (κ2) is 10.3. The van der Waals surface area contributed by atoms with E-state index in [1.165, 1.54) is 0 Å². The highest BCUT2D eigenvalue weighted by Crippen LogP contribution is 2.25. The first kappa shape index (κ1) is 24.0. The zero-order valence-electron chi connectivity index (χ0n) is 19.0. The Bertz CT molecular complexity index is 1150. The first-order valence-electron chi connectivity index (χ1n) is 10.3. The van der Waals surface area contributed by atoms with Crippen LogP contribution in [0.2, 0.25) is 5.15 Å². The number of benzene rings is 2. The number of anilines is 3. The van der Waals surface area contributed by atoms with Crippen molar-refractivity contribution in [2.75, 3.05) is 43.3 Å². The fourth-order valence-electron chi connectivity index (χ4n) is 3.24. The van der Waals surface area contributed by atoms with Crippen molar-refractivity contribution in [1.82, 2.24) is 9.97 Å². The highest BCUT2D eigenvalue weighted by molar-refractivity contribution is 6.30. The molecular formula is C24H26ClN5O3. The number of halogens is 1. The molecule has 0 saturated heterocycles. The molecule has 0 aliphatic heterocycles. The summed E-state index contributed by atoms with van der Waals surface area (Å²) < 4.78 is 0. The molecule has 0 fully saturated rings. The van der Waals surface area contributed by atoms with Crippen LogP contribution in [0.15, 0.2) is 48.5 Å². The molecule has 0 atom stereocenters. The van der Waals surface area contributed by atoms with Gasteiger partial charge in [-0.05, 0) is 42.0 Å². The predicted octanol–water partition coefficient (Wildman–Crippen LogP) is 3.73. The molecule has 0 radical (unpaired) electrons. The topological polar surface area (TPSA) is 98.7 Å². The fraction of sp³-hybridized carbons (Fsp3) is 0.250. The molecule has 3 rings (SSSR count). The van der Waals surface area contributed by atoms with Gasteiger partial charge in [-0.15, -0.1) is 0 Å². The van der Waals surface area contributed by atoms with Crippen LogP contribution < -0.4 is 15.1 Å². The lowest BCUT2D eigenvalue weighted by atomic mass is 10.1. The molecule has 1 aromatic heterocycles. The summed E-state index contributed by atoms with van der Waals surface area (Å²) in [5.41, 5.74) is 3.58. The van der Waals surface area contributed by atoms with Gasteiger partial charge in [0.25, 0.3) is 5.91 Å². The Balaban J connectivity index is 1.71. The normalized spacial score (nSPS) is 10.6. The summed E-state index contributed by atoms with van der Waals surface area (Å²) in [4.78, 5) is 36.1. The van der Waals surface area contributed by atoms with Gasteiger partial charge in [-0.25, -0.2) is 9.97 Å². The van der Waals surface area contributed by atoms with Gasteiger partial charge >= 0.3 is 5.97 Å². The molecule has 0 saturated carbocycles. The number of amides is 1. The van der Waals surface area contributed by atoms with Gasteiger partial charge in [-0.3, -0.25) is 9.59 Å². The average molecular weight is 468 g/mol. The van der Waals surface area contributed by atoms with Crippen molar-refractivity contribution >= 4 is 40.7 Å². The zero-order valence-corrected chi connectivity index (χ0v) is 19.7. The monoisotopic (exact) mass is 467 g/mol. The SMILES string of the molecule is CN(C)c1ccc(C(=O)Nc2ccc(Cc3nc(Cl)c(CC(=O)O)c(N(C)C)n3)cc2)cc1. The number of carboxylic acids is 1. The van der Waals surface area contributed by atoms with E-state index < -0.39 is 5.97 Å². The Morgan fingerprint density at radius 1 is 0.939 bits per heavy atom. The second-order valence-electron chi connectivity index (χ2n) is 7.97. The van der Waals surface area contributed by atoms with Crippen molar-refractivity contribution in [2.45, 2.75) is 12.8 Å². The third-order valence-electron chi connectivity index (χ3n) is 4.95. The van der Waals surface area contributed by atoms with Gasteiger partial charge in [0.05, 0.1) is 6.42 Å². The van der Waals surface area contributed by atoms with Crippen molar-refractivity contribution < 1.29 is 14.7 Å². The molecule has 0 aliphatic carbocycles. The second-order valence-corrected chi connectivity index (χ2v) is 8.32. The number of hydrogen-bond donors (Lipinski definition) is 2. The summed E-state index contributed by atoms with van der Waals surface area (Å²) in [6.07, 6.45) is 0.160. The van der Waals surface area contributed by atoms with Crippen LogP contribution >= 0.6 is 11.6 Å². The molecule has 0 aliphatic rings. The highest BCUT2D eigenvalue weighted by atomic mass is 35.5. The standard InChI is InChI=1S/C24H26ClN5O3/c1-29(2)18-11-7-16(8-12-18)24(33)26-17-9-5-15(6-10-17)13-20-27-22(25)19(14-21(31)32)23(28-20)30(3)4/h5-12H,13-14H2,1-4H3,(H,26,33)(H,31,32). The van der Waals surface area contributed by atoms with Crippen molar-refractivity contribution in [3.63, 3.8) is 0 Å². The molecule has 33 heavy (non-hydrogen) atoms. The molecule has 1 amide bonds. The number of carbonyl (C=O) groups excluding carboxylic acids is 1. The molecule has 0 spiro atoms. The molecular weight excluding hydrogens is 442 g/mol. The number of hydrogen-bond acceptors (Lipinski definition) is 6. The van der Waals surface area contributed by atoms with E-state index in [0.717, 1.165) is 11.3 Å². The molecule has 8 nitrogen and oxygen atoms in total. The lowest BCUT2D eigenvalue weighted by Crippen LogP contribution is -2.18. The third kappa shape index (κ3) is 6.20. The largest absolute Gasteiger partial charge is 0.481 e. The minimum Gasteiger partial charge on any atom is -0.481 e. The molecule has 2 aromatic carbocycles. The van der Waals surface area contributed by atoms with Crippen LogP contribution in [0.3, 0.4) is 0 Å². The van der Waals surface area contributed by atoms with Crippen LogP contribution in [0.4, 0.5) is 17.2 Å². The number of nitrogens with zero attached hydrogens (tertiary/aromatic N) is 4. The van der Waals surface area contributed by atoms with E-state index in [9.17, 15) is 9.59 Å². The summed E-state index contributed by atoms with van der Waals surface area (Å²) in [6, 6.07) is 14.8. The van der Waals surface area contributed by atoms with Crippen molar-refractivity contribution in [2.24, 2.45) is 0 Å². The first-order valence-corrected chi connectivity index (χ1v) is 10.6. The number of carbonyl (C=O) groups is 2. The van der Waals surface area contributed by atoms with E-state index in [4.69, 9.17) is 16.7 Å². The van der Waals surface area contributed by atoms with E-state index in [-0.39, 0.29) is 17.5 Å². The van der Waals surface area contributed by atoms with Gasteiger partial charge in [0.15, 0.2) is 0 Å². The number of aliphatic carboxylic acids is 1. The van der Waals surface area contributed by atoms with Gasteiger partial charge in [-0.1, -0.05) is 23.7 Å². The summed E-state index contributed by atoms with van der Waals surface area (Å²) in [6.45, 7) is 0. The predicted molar refractivity (Wildman–Crippen MR) is 131 cm³/mol. The molecule has 0 bridgehead atoms. The Morgan fingerprint density at radius 2 is 1.58 bits per heavy atom. The minimum atomic E-state index is -0.998. The Labute approximate surface area is 197 Å². The number of carboxylic acid groups (broad SMARTS) is 1. The summed E-state index contributed by atoms with van der Waals surface area (Å²) in [7, 11) is 7.45. The van der Waals surface area contributed by atoms with Gasteiger partial charge < -0.3 is 20.2 Å². The molecule has 2 N–H and O–H groups in total. The van der Waals surface area contributed by atoms with Crippen LogP contribution in [0.1, 0.15) is 27.3 Å². The molecule has 9 heteroatoms. The van der Waals surface area contributed by atoms with Crippen molar-refractivity contribution in [3.05, 3.63) is 76.2 Å². The fourth-order valence-corrected chi connectivity index (χ4v) is 3.49. The average Bonchev–Trinajstić information content (AvgIpc) is 2.76. The van der Waals surface area contributed by atoms with Crippen LogP contribution in [-0.4, -0.2) is 55.1 Å². The molecule has 1 heterocycles. The van der Waals surface area contributed by atoms with E-state index in [2.05, 4.69) is 15.3 Å². The summed E-state index contributed by atoms with van der Waals surface area (Å²) in [5.74, 6) is -0.220. The Hall–Kier alpha value is -3.65. The van der Waals surface area contributed by atoms with Gasteiger partial charge in [-0.2, -0.15) is 0 Å². The minimum absolute atomic E-state index is 0.135. The van der Waals surface area contributed by atoms with Gasteiger partial charge in [0.2, 0.25) is 0 Å². The quantitative estimate of drug-likeness (QED) is 0.487. The van der Waals surface area contributed by atoms with Crippen LogP contribution in [0.25, 0.3) is 0 Å². The lowest BCUT2D eigenvalue weighted by Gasteiger charge is -2.17. The maximum absolute atomic E-state index is 12.5. The summed E-state index contributed by atoms with van der Waals surface area (Å²) >= 11 is 6.27. The molecule has 0 unspecified atom stereocenters. The molecule has 172 valence electrons. The maximum atomic E-state index is 12.5. The van der Waals surface area contributed by atoms with Gasteiger partial charge in [0, 0.05) is 57.1 Å². The van der Waals surface area contributed by atoms with E-state index in [1.54, 1.807) is 31.1 Å².